The van der Waals surface area contributed by atoms with E-state index >= 15 is 0 Å². The SMILES string of the molecule is Cc1nc(C(=O)Nc2ccc(Cl)cc2Cl)nn1-c1ccc(Cl)cc1. The summed E-state index contributed by atoms with van der Waals surface area (Å²) in [5, 5.41) is 8.34. The van der Waals surface area contributed by atoms with E-state index in [4.69, 9.17) is 34.8 Å². The molecule has 0 aliphatic carbocycles. The van der Waals surface area contributed by atoms with Crippen molar-refractivity contribution >= 4 is 46.4 Å². The van der Waals surface area contributed by atoms with Gasteiger partial charge in [0.25, 0.3) is 5.91 Å². The summed E-state index contributed by atoms with van der Waals surface area (Å²) in [6, 6.07) is 11.9. The molecule has 0 fully saturated rings. The van der Waals surface area contributed by atoms with Crippen molar-refractivity contribution in [3.63, 3.8) is 0 Å². The van der Waals surface area contributed by atoms with Crippen LogP contribution in [-0.4, -0.2) is 20.7 Å². The van der Waals surface area contributed by atoms with Crippen LogP contribution in [0.1, 0.15) is 16.4 Å². The third-order valence-corrected chi connectivity index (χ3v) is 4.02. The summed E-state index contributed by atoms with van der Waals surface area (Å²) < 4.78 is 1.56. The number of carbonyl (C=O) groups excluding carboxylic acids is 1. The van der Waals surface area contributed by atoms with Crippen LogP contribution in [-0.2, 0) is 0 Å². The first-order valence-electron chi connectivity index (χ1n) is 6.90. The fraction of sp³-hybridized carbons (Fsp3) is 0.0625. The van der Waals surface area contributed by atoms with E-state index < -0.39 is 5.91 Å². The highest BCUT2D eigenvalue weighted by Gasteiger charge is 2.16. The number of nitrogens with one attached hydrogen (secondary N) is 1. The number of hydrogen-bond donors (Lipinski definition) is 1. The lowest BCUT2D eigenvalue weighted by atomic mass is 10.3. The number of rotatable bonds is 3. The van der Waals surface area contributed by atoms with Crippen molar-refractivity contribution < 1.29 is 4.79 Å². The minimum atomic E-state index is -0.463. The Hall–Kier alpha value is -2.08. The Bertz CT molecular complexity index is 906. The standard InChI is InChI=1S/C16H11Cl3N4O/c1-9-20-15(22-23(9)12-5-2-10(17)3-6-12)16(24)21-14-7-4-11(18)8-13(14)19/h2-8H,1H3,(H,21,24). The summed E-state index contributed by atoms with van der Waals surface area (Å²) in [7, 11) is 0. The molecule has 24 heavy (non-hydrogen) atoms. The molecule has 0 bridgehead atoms. The molecule has 0 aliphatic heterocycles. The Labute approximate surface area is 153 Å². The van der Waals surface area contributed by atoms with Crippen LogP contribution in [0.25, 0.3) is 5.69 Å². The number of benzene rings is 2. The Morgan fingerprint density at radius 2 is 1.71 bits per heavy atom. The second-order valence-electron chi connectivity index (χ2n) is 4.95. The number of nitrogens with zero attached hydrogens (tertiary/aromatic N) is 3. The molecule has 3 rings (SSSR count). The lowest BCUT2D eigenvalue weighted by Gasteiger charge is -2.05. The lowest BCUT2D eigenvalue weighted by Crippen LogP contribution is -2.14. The molecule has 0 atom stereocenters. The first-order chi connectivity index (χ1) is 11.4. The highest BCUT2D eigenvalue weighted by atomic mass is 35.5. The van der Waals surface area contributed by atoms with Gasteiger partial charge in [-0.15, -0.1) is 5.10 Å². The van der Waals surface area contributed by atoms with Gasteiger partial charge < -0.3 is 5.32 Å². The summed E-state index contributed by atoms with van der Waals surface area (Å²) in [5.74, 6) is 0.146. The minimum absolute atomic E-state index is 0.0356. The molecule has 1 aromatic heterocycles. The largest absolute Gasteiger partial charge is 0.318 e. The maximum atomic E-state index is 12.3. The summed E-state index contributed by atoms with van der Waals surface area (Å²) in [6.45, 7) is 1.76. The van der Waals surface area contributed by atoms with Crippen molar-refractivity contribution in [1.82, 2.24) is 14.8 Å². The van der Waals surface area contributed by atoms with Crippen LogP contribution in [0, 0.1) is 6.92 Å². The van der Waals surface area contributed by atoms with Crippen LogP contribution < -0.4 is 5.32 Å². The van der Waals surface area contributed by atoms with E-state index in [1.165, 1.54) is 0 Å². The molecular formula is C16H11Cl3N4O. The van der Waals surface area contributed by atoms with Crippen LogP contribution in [0.2, 0.25) is 15.1 Å². The molecule has 0 spiro atoms. The van der Waals surface area contributed by atoms with Gasteiger partial charge in [0.15, 0.2) is 0 Å². The maximum absolute atomic E-state index is 12.3. The smallest absolute Gasteiger partial charge is 0.295 e. The minimum Gasteiger partial charge on any atom is -0.318 e. The Morgan fingerprint density at radius 1 is 1.04 bits per heavy atom. The van der Waals surface area contributed by atoms with E-state index in [-0.39, 0.29) is 5.82 Å². The zero-order valence-corrected chi connectivity index (χ0v) is 14.7. The maximum Gasteiger partial charge on any atom is 0.295 e. The van der Waals surface area contributed by atoms with Gasteiger partial charge in [-0.25, -0.2) is 9.67 Å². The molecule has 0 radical (unpaired) electrons. The van der Waals surface area contributed by atoms with Gasteiger partial charge in [0.1, 0.15) is 5.82 Å². The van der Waals surface area contributed by atoms with Crippen molar-refractivity contribution in [2.24, 2.45) is 0 Å². The first kappa shape index (κ1) is 16.8. The zero-order valence-electron chi connectivity index (χ0n) is 12.4. The molecule has 1 heterocycles. The number of aromatic nitrogens is 3. The van der Waals surface area contributed by atoms with Gasteiger partial charge in [-0.2, -0.15) is 0 Å². The normalized spacial score (nSPS) is 10.7. The van der Waals surface area contributed by atoms with E-state index in [0.717, 1.165) is 5.69 Å². The summed E-state index contributed by atoms with van der Waals surface area (Å²) in [5.41, 5.74) is 1.19. The topological polar surface area (TPSA) is 59.8 Å². The number of hydrogen-bond acceptors (Lipinski definition) is 3. The van der Waals surface area contributed by atoms with Gasteiger partial charge in [0.05, 0.1) is 16.4 Å². The molecule has 8 heteroatoms. The number of anilines is 1. The Kier molecular flexibility index (Phi) is 4.76. The van der Waals surface area contributed by atoms with Crippen LogP contribution in [0.3, 0.4) is 0 Å². The van der Waals surface area contributed by atoms with E-state index in [2.05, 4.69) is 15.4 Å². The zero-order chi connectivity index (χ0) is 17.3. The van der Waals surface area contributed by atoms with Gasteiger partial charge in [-0.1, -0.05) is 34.8 Å². The molecule has 5 nitrogen and oxygen atoms in total. The van der Waals surface area contributed by atoms with Gasteiger partial charge in [-0.3, -0.25) is 4.79 Å². The first-order valence-corrected chi connectivity index (χ1v) is 8.03. The Balaban J connectivity index is 1.86. The van der Waals surface area contributed by atoms with Crippen molar-refractivity contribution in [3.05, 3.63) is 69.2 Å². The molecule has 1 N–H and O–H groups in total. The quantitative estimate of drug-likeness (QED) is 0.709. The van der Waals surface area contributed by atoms with E-state index in [1.54, 1.807) is 54.1 Å². The van der Waals surface area contributed by atoms with E-state index in [1.807, 2.05) is 0 Å². The van der Waals surface area contributed by atoms with Gasteiger partial charge in [0, 0.05) is 10.0 Å². The molecule has 1 amide bonds. The number of aryl methyl sites for hydroxylation is 1. The predicted molar refractivity (Wildman–Crippen MR) is 95.5 cm³/mol. The van der Waals surface area contributed by atoms with Crippen LogP contribution in [0.15, 0.2) is 42.5 Å². The fourth-order valence-corrected chi connectivity index (χ4v) is 2.66. The average molecular weight is 382 g/mol. The number of halogens is 3. The molecule has 0 saturated carbocycles. The van der Waals surface area contributed by atoms with Crippen molar-refractivity contribution in [1.29, 1.82) is 0 Å². The Morgan fingerprint density at radius 3 is 2.38 bits per heavy atom. The lowest BCUT2D eigenvalue weighted by molar-refractivity contribution is 0.101. The predicted octanol–water partition coefficient (Wildman–Crippen LogP) is 4.79. The highest BCUT2D eigenvalue weighted by Crippen LogP contribution is 2.25. The molecule has 0 aliphatic rings. The third kappa shape index (κ3) is 3.53. The van der Waals surface area contributed by atoms with Gasteiger partial charge >= 0.3 is 0 Å². The summed E-state index contributed by atoms with van der Waals surface area (Å²) in [4.78, 5) is 16.5. The van der Waals surface area contributed by atoms with E-state index in [0.29, 0.717) is 26.6 Å². The summed E-state index contributed by atoms with van der Waals surface area (Å²) in [6.07, 6.45) is 0. The van der Waals surface area contributed by atoms with Crippen LogP contribution >= 0.6 is 34.8 Å². The second kappa shape index (κ2) is 6.81. The summed E-state index contributed by atoms with van der Waals surface area (Å²) >= 11 is 17.8. The van der Waals surface area contributed by atoms with Gasteiger partial charge in [-0.05, 0) is 49.4 Å². The molecule has 0 saturated heterocycles. The monoisotopic (exact) mass is 380 g/mol. The molecule has 0 unspecified atom stereocenters. The fourth-order valence-electron chi connectivity index (χ4n) is 2.08. The van der Waals surface area contributed by atoms with Crippen molar-refractivity contribution in [2.45, 2.75) is 6.92 Å². The third-order valence-electron chi connectivity index (χ3n) is 3.22. The number of carbonyl (C=O) groups is 1. The molecule has 2 aromatic carbocycles. The van der Waals surface area contributed by atoms with Crippen LogP contribution in [0.5, 0.6) is 0 Å². The number of amides is 1. The molecule has 3 aromatic rings. The van der Waals surface area contributed by atoms with Crippen LogP contribution in [0.4, 0.5) is 5.69 Å². The van der Waals surface area contributed by atoms with Gasteiger partial charge in [0.2, 0.25) is 5.82 Å². The molecule has 122 valence electrons. The van der Waals surface area contributed by atoms with Crippen molar-refractivity contribution in [3.8, 4) is 5.69 Å². The van der Waals surface area contributed by atoms with E-state index in [9.17, 15) is 4.79 Å². The highest BCUT2D eigenvalue weighted by molar-refractivity contribution is 6.36. The average Bonchev–Trinajstić information content (AvgIpc) is 2.93. The second-order valence-corrected chi connectivity index (χ2v) is 6.23. The van der Waals surface area contributed by atoms with Crippen molar-refractivity contribution in [2.75, 3.05) is 5.32 Å². The molecular weight excluding hydrogens is 371 g/mol.